The Balaban J connectivity index is 1.64. The van der Waals surface area contributed by atoms with Crippen LogP contribution < -0.4 is 5.32 Å². The van der Waals surface area contributed by atoms with E-state index < -0.39 is 10.0 Å². The first kappa shape index (κ1) is 21.8. The summed E-state index contributed by atoms with van der Waals surface area (Å²) in [7, 11) is -3.58. The van der Waals surface area contributed by atoms with Crippen molar-refractivity contribution in [1.82, 2.24) is 14.4 Å². The number of rotatable bonds is 7. The van der Waals surface area contributed by atoms with E-state index in [0.717, 1.165) is 25.7 Å². The molecule has 0 atom stereocenters. The number of hydrogen-bond acceptors (Lipinski definition) is 7. The molecule has 1 N–H and O–H groups in total. The second-order valence-corrected chi connectivity index (χ2v) is 9.96. The normalized spacial score (nSPS) is 15.8. The number of nitrogens with one attached hydrogen (secondary N) is 1. The van der Waals surface area contributed by atoms with Crippen molar-refractivity contribution >= 4 is 33.4 Å². The van der Waals surface area contributed by atoms with Crippen LogP contribution in [0.1, 0.15) is 43.0 Å². The number of carbonyl (C=O) groups excluding carboxylic acids is 1. The maximum absolute atomic E-state index is 13.1. The van der Waals surface area contributed by atoms with Gasteiger partial charge in [0.15, 0.2) is 5.82 Å². The third-order valence-electron chi connectivity index (χ3n) is 4.69. The summed E-state index contributed by atoms with van der Waals surface area (Å²) in [4.78, 5) is 16.6. The van der Waals surface area contributed by atoms with E-state index in [1.165, 1.54) is 11.8 Å². The van der Waals surface area contributed by atoms with Gasteiger partial charge in [-0.1, -0.05) is 24.1 Å². The maximum atomic E-state index is 13.1. The zero-order valence-corrected chi connectivity index (χ0v) is 18.3. The third-order valence-corrected chi connectivity index (χ3v) is 7.66. The van der Waals surface area contributed by atoms with Gasteiger partial charge in [0.25, 0.3) is 0 Å². The molecule has 8 nitrogen and oxygen atoms in total. The van der Waals surface area contributed by atoms with Crippen LogP contribution in [-0.2, 0) is 20.6 Å². The molecule has 1 saturated heterocycles. The molecule has 0 spiro atoms. The zero-order chi connectivity index (χ0) is 20.9. The summed E-state index contributed by atoms with van der Waals surface area (Å²) >= 11 is 1.36. The van der Waals surface area contributed by atoms with E-state index in [2.05, 4.69) is 15.5 Å². The first-order valence-electron chi connectivity index (χ1n) is 9.64. The quantitative estimate of drug-likeness (QED) is 0.708. The molecule has 1 aliphatic rings. The second kappa shape index (κ2) is 9.73. The molecular formula is C19H26N4O4S2. The van der Waals surface area contributed by atoms with Gasteiger partial charge < -0.3 is 9.84 Å². The lowest BCUT2D eigenvalue weighted by Crippen LogP contribution is -2.32. The summed E-state index contributed by atoms with van der Waals surface area (Å²) in [6.45, 7) is 4.58. The number of carbonyl (C=O) groups is 1. The molecule has 1 aromatic heterocycles. The number of aryl methyl sites for hydroxylation is 2. The van der Waals surface area contributed by atoms with E-state index in [9.17, 15) is 13.2 Å². The van der Waals surface area contributed by atoms with Crippen molar-refractivity contribution in [2.24, 2.45) is 0 Å². The van der Waals surface area contributed by atoms with Crippen LogP contribution in [0.5, 0.6) is 0 Å². The Morgan fingerprint density at radius 1 is 1.21 bits per heavy atom. The summed E-state index contributed by atoms with van der Waals surface area (Å²) in [5.41, 5.74) is 1.15. The predicted octanol–water partition coefficient (Wildman–Crippen LogP) is 3.12. The Kier molecular flexibility index (Phi) is 7.31. The van der Waals surface area contributed by atoms with Gasteiger partial charge in [0.2, 0.25) is 21.8 Å². The van der Waals surface area contributed by atoms with E-state index in [4.69, 9.17) is 4.52 Å². The highest BCUT2D eigenvalue weighted by Crippen LogP contribution is 2.26. The van der Waals surface area contributed by atoms with Gasteiger partial charge >= 0.3 is 0 Å². The maximum Gasteiger partial charge on any atom is 0.243 e. The van der Waals surface area contributed by atoms with Gasteiger partial charge in [-0.15, -0.1) is 11.8 Å². The Bertz CT molecular complexity index is 951. The topological polar surface area (TPSA) is 105 Å². The number of sulfonamides is 1. The number of nitrogens with zero attached hydrogens (tertiary/aromatic N) is 3. The van der Waals surface area contributed by atoms with Crippen LogP contribution >= 0.6 is 11.8 Å². The van der Waals surface area contributed by atoms with Crippen LogP contribution in [-0.4, -0.2) is 47.6 Å². The first-order valence-corrected chi connectivity index (χ1v) is 12.2. The fourth-order valence-electron chi connectivity index (χ4n) is 3.21. The monoisotopic (exact) mass is 438 g/mol. The van der Waals surface area contributed by atoms with E-state index in [0.29, 0.717) is 41.8 Å². The molecule has 1 amide bonds. The molecule has 3 rings (SSSR count). The number of hydrogen-bond donors (Lipinski definition) is 1. The predicted molar refractivity (Wildman–Crippen MR) is 112 cm³/mol. The SMILES string of the molecule is Cc1nc(CSCC(=O)Nc2ccc(C)c(S(=O)(=O)N3CCCCCC3)c2)no1. The molecular weight excluding hydrogens is 412 g/mol. The Hall–Kier alpha value is -1.91. The zero-order valence-electron chi connectivity index (χ0n) is 16.7. The lowest BCUT2D eigenvalue weighted by atomic mass is 10.2. The molecule has 0 aliphatic carbocycles. The lowest BCUT2D eigenvalue weighted by molar-refractivity contribution is -0.113. The molecule has 2 heterocycles. The largest absolute Gasteiger partial charge is 0.340 e. The molecule has 0 radical (unpaired) electrons. The van der Waals surface area contributed by atoms with Crippen molar-refractivity contribution in [2.75, 3.05) is 24.2 Å². The third kappa shape index (κ3) is 5.80. The van der Waals surface area contributed by atoms with Crippen molar-refractivity contribution < 1.29 is 17.7 Å². The molecule has 158 valence electrons. The first-order chi connectivity index (χ1) is 13.9. The standard InChI is InChI=1S/C19H26N4O4S2/c1-14-7-8-16(21-19(24)13-28-12-18-20-15(2)27-22-18)11-17(14)29(25,26)23-9-5-3-4-6-10-23/h7-8,11H,3-6,9-10,12-13H2,1-2H3,(H,21,24). The van der Waals surface area contributed by atoms with Crippen LogP contribution in [0.3, 0.4) is 0 Å². The summed E-state index contributed by atoms with van der Waals surface area (Å²) in [6, 6.07) is 5.01. The van der Waals surface area contributed by atoms with Crippen molar-refractivity contribution in [3.63, 3.8) is 0 Å². The second-order valence-electron chi connectivity index (χ2n) is 7.07. The van der Waals surface area contributed by atoms with E-state index in [1.807, 2.05) is 0 Å². The molecule has 1 aliphatic heterocycles. The van der Waals surface area contributed by atoms with Gasteiger partial charge in [-0.05, 0) is 37.5 Å². The van der Waals surface area contributed by atoms with Gasteiger partial charge in [-0.2, -0.15) is 9.29 Å². The molecule has 0 saturated carbocycles. The van der Waals surface area contributed by atoms with Crippen molar-refractivity contribution in [3.8, 4) is 0 Å². The van der Waals surface area contributed by atoms with Crippen LogP contribution in [0.4, 0.5) is 5.69 Å². The average Bonchev–Trinajstić information content (AvgIpc) is 2.92. The highest BCUT2D eigenvalue weighted by atomic mass is 32.2. The van der Waals surface area contributed by atoms with Crippen LogP contribution in [0, 0.1) is 13.8 Å². The van der Waals surface area contributed by atoms with Crippen LogP contribution in [0.15, 0.2) is 27.6 Å². The van der Waals surface area contributed by atoms with Gasteiger partial charge in [0.1, 0.15) is 0 Å². The summed E-state index contributed by atoms with van der Waals surface area (Å²) in [6.07, 6.45) is 3.88. The minimum atomic E-state index is -3.58. The van der Waals surface area contributed by atoms with Gasteiger partial charge in [-0.25, -0.2) is 8.42 Å². The highest BCUT2D eigenvalue weighted by Gasteiger charge is 2.27. The Labute approximate surface area is 175 Å². The molecule has 0 bridgehead atoms. The number of thioether (sulfide) groups is 1. The molecule has 2 aromatic rings. The number of aromatic nitrogens is 2. The minimum Gasteiger partial charge on any atom is -0.340 e. The van der Waals surface area contributed by atoms with Crippen molar-refractivity contribution in [1.29, 1.82) is 0 Å². The van der Waals surface area contributed by atoms with E-state index in [1.54, 1.807) is 36.4 Å². The number of anilines is 1. The van der Waals surface area contributed by atoms with E-state index >= 15 is 0 Å². The Morgan fingerprint density at radius 2 is 1.93 bits per heavy atom. The molecule has 1 aromatic carbocycles. The molecule has 29 heavy (non-hydrogen) atoms. The summed E-state index contributed by atoms with van der Waals surface area (Å²) in [5, 5.41) is 6.57. The summed E-state index contributed by atoms with van der Waals surface area (Å²) < 4.78 is 32.7. The Morgan fingerprint density at radius 3 is 2.59 bits per heavy atom. The molecule has 10 heteroatoms. The van der Waals surface area contributed by atoms with Crippen LogP contribution in [0.2, 0.25) is 0 Å². The minimum absolute atomic E-state index is 0.204. The lowest BCUT2D eigenvalue weighted by Gasteiger charge is -2.21. The average molecular weight is 439 g/mol. The van der Waals surface area contributed by atoms with Gasteiger partial charge in [-0.3, -0.25) is 4.79 Å². The van der Waals surface area contributed by atoms with Gasteiger partial charge in [0.05, 0.1) is 16.4 Å². The van der Waals surface area contributed by atoms with E-state index in [-0.39, 0.29) is 16.6 Å². The number of benzene rings is 1. The number of amides is 1. The smallest absolute Gasteiger partial charge is 0.243 e. The molecule has 0 unspecified atom stereocenters. The fraction of sp³-hybridized carbons (Fsp3) is 0.526. The highest BCUT2D eigenvalue weighted by molar-refractivity contribution is 7.99. The van der Waals surface area contributed by atoms with Gasteiger partial charge in [0, 0.05) is 25.7 Å². The fourth-order valence-corrected chi connectivity index (χ4v) is 5.64. The van der Waals surface area contributed by atoms with Crippen LogP contribution in [0.25, 0.3) is 0 Å². The summed E-state index contributed by atoms with van der Waals surface area (Å²) in [5.74, 6) is 1.49. The van der Waals surface area contributed by atoms with Crippen molar-refractivity contribution in [3.05, 3.63) is 35.5 Å². The molecule has 1 fully saturated rings. The van der Waals surface area contributed by atoms with Crippen molar-refractivity contribution in [2.45, 2.75) is 50.2 Å².